The van der Waals surface area contributed by atoms with Crippen LogP contribution >= 0.6 is 0 Å². The van der Waals surface area contributed by atoms with Crippen LogP contribution in [0.3, 0.4) is 0 Å². The Labute approximate surface area is 188 Å². The molecule has 0 aliphatic carbocycles. The summed E-state index contributed by atoms with van der Waals surface area (Å²) in [5.41, 5.74) is 0. The summed E-state index contributed by atoms with van der Waals surface area (Å²) in [6.07, 6.45) is 19.6. The number of unbranched alkanes of at least 4 members (excludes halogenated alkanes) is 10. The Balaban J connectivity index is 3.88. The molecule has 0 radical (unpaired) electrons. The molecule has 0 aromatic carbocycles. The van der Waals surface area contributed by atoms with Crippen LogP contribution in [0.15, 0.2) is 0 Å². The summed E-state index contributed by atoms with van der Waals surface area (Å²) in [6.45, 7) is 9.76. The monoisotopic (exact) mass is 427 g/mol. The van der Waals surface area contributed by atoms with Gasteiger partial charge in [-0.05, 0) is 51.6 Å². The van der Waals surface area contributed by atoms with Crippen molar-refractivity contribution in [2.75, 3.05) is 26.2 Å². The number of nitrogens with zero attached hydrogens (tertiary/aromatic N) is 1. The average molecular weight is 428 g/mol. The van der Waals surface area contributed by atoms with Crippen molar-refractivity contribution in [2.24, 2.45) is 0 Å². The lowest BCUT2D eigenvalue weighted by Crippen LogP contribution is -2.29. The van der Waals surface area contributed by atoms with Gasteiger partial charge in [-0.3, -0.25) is 4.79 Å². The molecule has 0 fully saturated rings. The molecular formula is C26H53NO3. The van der Waals surface area contributed by atoms with Crippen molar-refractivity contribution < 1.29 is 14.6 Å². The maximum atomic E-state index is 12.2. The summed E-state index contributed by atoms with van der Waals surface area (Å²) >= 11 is 0. The smallest absolute Gasteiger partial charge is 0.306 e. The lowest BCUT2D eigenvalue weighted by molar-refractivity contribution is -0.150. The van der Waals surface area contributed by atoms with Crippen molar-refractivity contribution in [2.45, 2.75) is 136 Å². The Morgan fingerprint density at radius 2 is 1.27 bits per heavy atom. The summed E-state index contributed by atoms with van der Waals surface area (Å²) in [7, 11) is 0. The van der Waals surface area contributed by atoms with E-state index in [1.165, 1.54) is 64.2 Å². The molecule has 0 aliphatic rings. The van der Waals surface area contributed by atoms with E-state index in [4.69, 9.17) is 4.74 Å². The Hall–Kier alpha value is -0.610. The third-order valence-corrected chi connectivity index (χ3v) is 5.89. The quantitative estimate of drug-likeness (QED) is 0.143. The lowest BCUT2D eigenvalue weighted by Gasteiger charge is -2.21. The molecule has 1 atom stereocenters. The number of hydrogen-bond acceptors (Lipinski definition) is 4. The molecule has 0 spiro atoms. The van der Waals surface area contributed by atoms with Crippen molar-refractivity contribution in [1.29, 1.82) is 0 Å². The first-order valence-corrected chi connectivity index (χ1v) is 13.2. The first-order chi connectivity index (χ1) is 14.7. The Morgan fingerprint density at radius 3 is 1.87 bits per heavy atom. The van der Waals surface area contributed by atoms with E-state index in [9.17, 15) is 9.90 Å². The number of carbonyl (C=O) groups is 1. The zero-order valence-corrected chi connectivity index (χ0v) is 20.6. The van der Waals surface area contributed by atoms with Crippen LogP contribution in [0.4, 0.5) is 0 Å². The van der Waals surface area contributed by atoms with Gasteiger partial charge in [0.2, 0.25) is 0 Å². The second-order valence-electron chi connectivity index (χ2n) is 8.89. The van der Waals surface area contributed by atoms with Gasteiger partial charge >= 0.3 is 5.97 Å². The minimum Gasteiger partial charge on any atom is -0.462 e. The number of carbonyl (C=O) groups excluding carboxylic acids is 1. The predicted molar refractivity (Wildman–Crippen MR) is 129 cm³/mol. The zero-order chi connectivity index (χ0) is 22.3. The molecule has 0 bridgehead atoms. The predicted octanol–water partition coefficient (Wildman–Crippen LogP) is 6.88. The molecule has 180 valence electrons. The Morgan fingerprint density at radius 1 is 0.700 bits per heavy atom. The van der Waals surface area contributed by atoms with E-state index in [0.717, 1.165) is 58.2 Å². The first kappa shape index (κ1) is 29.4. The van der Waals surface area contributed by atoms with Gasteiger partial charge in [0.05, 0.1) is 6.61 Å². The normalized spacial score (nSPS) is 12.4. The van der Waals surface area contributed by atoms with E-state index in [-0.39, 0.29) is 18.7 Å². The molecule has 0 rings (SSSR count). The maximum absolute atomic E-state index is 12.2. The van der Waals surface area contributed by atoms with Crippen LogP contribution in [0, 0.1) is 0 Å². The highest BCUT2D eigenvalue weighted by Crippen LogP contribution is 2.15. The van der Waals surface area contributed by atoms with E-state index in [2.05, 4.69) is 25.7 Å². The number of esters is 1. The highest BCUT2D eigenvalue weighted by Gasteiger charge is 2.13. The zero-order valence-electron chi connectivity index (χ0n) is 20.6. The van der Waals surface area contributed by atoms with Crippen LogP contribution in [0.5, 0.6) is 0 Å². The molecule has 0 aromatic heterocycles. The fourth-order valence-electron chi connectivity index (χ4n) is 4.00. The molecule has 0 aromatic rings. The molecule has 4 nitrogen and oxygen atoms in total. The fraction of sp³-hybridized carbons (Fsp3) is 0.962. The molecule has 1 N–H and O–H groups in total. The lowest BCUT2D eigenvalue weighted by atomic mass is 10.0. The van der Waals surface area contributed by atoms with Gasteiger partial charge in [0.25, 0.3) is 0 Å². The standard InChI is InChI=1S/C26H53NO3/c1-4-7-9-11-12-14-19-25(18-6-3)30-26(29)20-15-13-17-22-27(23-24-28)21-16-10-8-5-2/h25,28H,4-24H2,1-3H3. The maximum Gasteiger partial charge on any atom is 0.306 e. The summed E-state index contributed by atoms with van der Waals surface area (Å²) in [4.78, 5) is 14.6. The van der Waals surface area contributed by atoms with Crippen LogP contribution in [0.1, 0.15) is 130 Å². The molecule has 30 heavy (non-hydrogen) atoms. The van der Waals surface area contributed by atoms with E-state index in [1.54, 1.807) is 0 Å². The minimum absolute atomic E-state index is 0.00814. The van der Waals surface area contributed by atoms with Gasteiger partial charge in [-0.15, -0.1) is 0 Å². The van der Waals surface area contributed by atoms with Gasteiger partial charge in [0.1, 0.15) is 6.10 Å². The summed E-state index contributed by atoms with van der Waals surface area (Å²) in [5, 5.41) is 9.26. The number of hydrogen-bond donors (Lipinski definition) is 1. The topological polar surface area (TPSA) is 49.8 Å². The Kier molecular flexibility index (Phi) is 22.6. The summed E-state index contributed by atoms with van der Waals surface area (Å²) in [5.74, 6) is -0.00814. The van der Waals surface area contributed by atoms with E-state index < -0.39 is 0 Å². The van der Waals surface area contributed by atoms with Crippen LogP contribution in [0.25, 0.3) is 0 Å². The molecule has 1 unspecified atom stereocenters. The third-order valence-electron chi connectivity index (χ3n) is 5.89. The number of ether oxygens (including phenoxy) is 1. The van der Waals surface area contributed by atoms with Crippen LogP contribution < -0.4 is 0 Å². The molecular weight excluding hydrogens is 374 g/mol. The van der Waals surface area contributed by atoms with Crippen LogP contribution in [-0.4, -0.2) is 48.3 Å². The largest absolute Gasteiger partial charge is 0.462 e. The van der Waals surface area contributed by atoms with E-state index in [0.29, 0.717) is 6.42 Å². The van der Waals surface area contributed by atoms with Crippen LogP contribution in [0.2, 0.25) is 0 Å². The van der Waals surface area contributed by atoms with Gasteiger partial charge in [0, 0.05) is 13.0 Å². The molecule has 0 saturated carbocycles. The van der Waals surface area contributed by atoms with Gasteiger partial charge < -0.3 is 14.7 Å². The Bertz CT molecular complexity index is 362. The SMILES string of the molecule is CCCCCCCCC(CCC)OC(=O)CCCCCN(CCO)CCCCCC. The highest BCUT2D eigenvalue weighted by molar-refractivity contribution is 5.69. The fourth-order valence-corrected chi connectivity index (χ4v) is 4.00. The molecule has 0 aliphatic heterocycles. The highest BCUT2D eigenvalue weighted by atomic mass is 16.5. The summed E-state index contributed by atoms with van der Waals surface area (Å²) < 4.78 is 5.78. The number of rotatable bonds is 23. The molecule has 4 heteroatoms. The third kappa shape index (κ3) is 19.4. The van der Waals surface area contributed by atoms with Crippen molar-refractivity contribution in [3.63, 3.8) is 0 Å². The van der Waals surface area contributed by atoms with Crippen LogP contribution in [-0.2, 0) is 9.53 Å². The average Bonchev–Trinajstić information content (AvgIpc) is 2.73. The van der Waals surface area contributed by atoms with Crippen molar-refractivity contribution >= 4 is 5.97 Å². The second kappa shape index (κ2) is 23.1. The van der Waals surface area contributed by atoms with Gasteiger partial charge in [-0.1, -0.05) is 85.0 Å². The number of aliphatic hydroxyl groups is 1. The van der Waals surface area contributed by atoms with Gasteiger partial charge in [-0.25, -0.2) is 0 Å². The molecule has 0 heterocycles. The van der Waals surface area contributed by atoms with Crippen molar-refractivity contribution in [3.8, 4) is 0 Å². The summed E-state index contributed by atoms with van der Waals surface area (Å²) in [6, 6.07) is 0. The van der Waals surface area contributed by atoms with E-state index >= 15 is 0 Å². The second-order valence-corrected chi connectivity index (χ2v) is 8.89. The first-order valence-electron chi connectivity index (χ1n) is 13.2. The minimum atomic E-state index is -0.00814. The number of aliphatic hydroxyl groups excluding tert-OH is 1. The molecule has 0 amide bonds. The van der Waals surface area contributed by atoms with Gasteiger partial charge in [0.15, 0.2) is 0 Å². The van der Waals surface area contributed by atoms with Gasteiger partial charge in [-0.2, -0.15) is 0 Å². The molecule has 0 saturated heterocycles. The van der Waals surface area contributed by atoms with Crippen molar-refractivity contribution in [3.05, 3.63) is 0 Å². The van der Waals surface area contributed by atoms with Crippen molar-refractivity contribution in [1.82, 2.24) is 4.90 Å². The van der Waals surface area contributed by atoms with E-state index in [1.807, 2.05) is 0 Å².